The van der Waals surface area contributed by atoms with Gasteiger partial charge >= 0.3 is 10.4 Å². The highest BCUT2D eigenvalue weighted by molar-refractivity contribution is 7.80. The van der Waals surface area contributed by atoms with Gasteiger partial charge in [0.2, 0.25) is 0 Å². The molecule has 168 valence electrons. The number of unbranched alkanes of at least 4 members (excludes halogenated alkanes) is 14. The van der Waals surface area contributed by atoms with Gasteiger partial charge in [-0.25, -0.2) is 4.18 Å². The van der Waals surface area contributed by atoms with E-state index >= 15 is 0 Å². The first kappa shape index (κ1) is 27.6. The van der Waals surface area contributed by atoms with Crippen LogP contribution in [0.1, 0.15) is 123 Å². The van der Waals surface area contributed by atoms with E-state index in [4.69, 9.17) is 4.55 Å². The number of allylic oxidation sites excluding steroid dienone is 1. The minimum atomic E-state index is -4.35. The van der Waals surface area contributed by atoms with E-state index in [-0.39, 0.29) is 12.5 Å². The van der Waals surface area contributed by atoms with Crippen LogP contribution < -0.4 is 0 Å². The van der Waals surface area contributed by atoms with Crippen LogP contribution in [0.4, 0.5) is 0 Å². The summed E-state index contributed by atoms with van der Waals surface area (Å²) in [6.45, 7) is 4.46. The van der Waals surface area contributed by atoms with E-state index in [0.29, 0.717) is 0 Å². The van der Waals surface area contributed by atoms with Crippen molar-refractivity contribution in [3.05, 3.63) is 12.2 Å². The molecule has 0 fully saturated rings. The highest BCUT2D eigenvalue weighted by Gasteiger charge is 2.11. The predicted molar refractivity (Wildman–Crippen MR) is 120 cm³/mol. The fourth-order valence-corrected chi connectivity index (χ4v) is 3.79. The summed E-state index contributed by atoms with van der Waals surface area (Å²) in [4.78, 5) is 0. The molecular weight excluding hydrogens is 372 g/mol. The molecule has 1 unspecified atom stereocenters. The molecular formula is C23H46O4S. The smallest absolute Gasteiger partial charge is 0.264 e. The van der Waals surface area contributed by atoms with Crippen molar-refractivity contribution >= 4 is 10.4 Å². The van der Waals surface area contributed by atoms with Gasteiger partial charge in [-0.05, 0) is 12.8 Å². The summed E-state index contributed by atoms with van der Waals surface area (Å²) in [5.41, 5.74) is 0. The molecule has 4 nitrogen and oxygen atoms in total. The minimum Gasteiger partial charge on any atom is -0.264 e. The van der Waals surface area contributed by atoms with E-state index in [1.807, 2.05) is 0 Å². The lowest BCUT2D eigenvalue weighted by molar-refractivity contribution is 0.234. The Labute approximate surface area is 175 Å². The molecule has 0 aromatic heterocycles. The van der Waals surface area contributed by atoms with Crippen LogP contribution in [0.5, 0.6) is 0 Å². The van der Waals surface area contributed by atoms with E-state index in [2.05, 4.69) is 30.2 Å². The quantitative estimate of drug-likeness (QED) is 0.118. The second-order valence-electron chi connectivity index (χ2n) is 8.07. The molecule has 0 saturated carbocycles. The fraction of sp³-hybridized carbons (Fsp3) is 0.913. The zero-order chi connectivity index (χ0) is 20.9. The Hall–Kier alpha value is -0.390. The van der Waals surface area contributed by atoms with Gasteiger partial charge in [-0.2, -0.15) is 8.42 Å². The molecule has 0 amide bonds. The molecule has 1 N–H and O–H groups in total. The van der Waals surface area contributed by atoms with Gasteiger partial charge in [-0.3, -0.25) is 4.55 Å². The van der Waals surface area contributed by atoms with Crippen LogP contribution in [-0.4, -0.2) is 19.6 Å². The lowest BCUT2D eigenvalue weighted by atomic mass is 9.99. The van der Waals surface area contributed by atoms with E-state index in [1.54, 1.807) is 0 Å². The molecule has 0 radical (unpaired) electrons. The van der Waals surface area contributed by atoms with Crippen LogP contribution in [0.2, 0.25) is 0 Å². The third kappa shape index (κ3) is 21.9. The number of hydrogen-bond donors (Lipinski definition) is 1. The zero-order valence-electron chi connectivity index (χ0n) is 18.5. The van der Waals surface area contributed by atoms with Gasteiger partial charge in [0.25, 0.3) is 0 Å². The van der Waals surface area contributed by atoms with E-state index in [1.165, 1.54) is 77.0 Å². The van der Waals surface area contributed by atoms with Gasteiger partial charge in [0.05, 0.1) is 6.61 Å². The molecule has 0 saturated heterocycles. The second-order valence-corrected chi connectivity index (χ2v) is 9.17. The first-order valence-electron chi connectivity index (χ1n) is 11.8. The van der Waals surface area contributed by atoms with Crippen molar-refractivity contribution in [2.24, 2.45) is 5.92 Å². The van der Waals surface area contributed by atoms with Crippen molar-refractivity contribution in [3.63, 3.8) is 0 Å². The summed E-state index contributed by atoms with van der Waals surface area (Å²) in [5.74, 6) is 0.0616. The molecule has 0 aromatic carbocycles. The fourth-order valence-electron chi connectivity index (χ4n) is 3.44. The SMILES string of the molecule is CCCC/C=C/C(CCCCCCCCCCCCCCC)COS(=O)(=O)O. The Morgan fingerprint density at radius 1 is 0.750 bits per heavy atom. The maximum atomic E-state index is 10.8. The van der Waals surface area contributed by atoms with Gasteiger partial charge < -0.3 is 0 Å². The Bertz CT molecular complexity index is 446. The summed E-state index contributed by atoms with van der Waals surface area (Å²) in [5, 5.41) is 0. The van der Waals surface area contributed by atoms with Crippen LogP contribution in [0.15, 0.2) is 12.2 Å². The molecule has 0 spiro atoms. The molecule has 0 aliphatic carbocycles. The summed E-state index contributed by atoms with van der Waals surface area (Å²) in [6.07, 6.45) is 25.6. The number of hydrogen-bond acceptors (Lipinski definition) is 3. The standard InChI is InChI=1S/C23H46O4S/c1-3-5-7-9-10-11-12-13-14-15-16-17-19-21-23(20-18-8-6-4-2)22-27-28(24,25)26/h18,20,23H,3-17,19,21-22H2,1-2H3,(H,24,25,26)/b20-18+. The van der Waals surface area contributed by atoms with Gasteiger partial charge in [-0.15, -0.1) is 0 Å². The summed E-state index contributed by atoms with van der Waals surface area (Å²) in [6, 6.07) is 0. The second kappa shape index (κ2) is 19.9. The van der Waals surface area contributed by atoms with Crippen LogP contribution in [-0.2, 0) is 14.6 Å². The third-order valence-electron chi connectivity index (χ3n) is 5.24. The monoisotopic (exact) mass is 418 g/mol. The average molecular weight is 419 g/mol. The van der Waals surface area contributed by atoms with Gasteiger partial charge in [0.15, 0.2) is 0 Å². The van der Waals surface area contributed by atoms with Gasteiger partial charge in [-0.1, -0.05) is 122 Å². The summed E-state index contributed by atoms with van der Waals surface area (Å²) < 4.78 is 35.0. The first-order chi connectivity index (χ1) is 13.5. The van der Waals surface area contributed by atoms with Crippen molar-refractivity contribution in [1.29, 1.82) is 0 Å². The third-order valence-corrected chi connectivity index (χ3v) is 5.68. The van der Waals surface area contributed by atoms with Gasteiger partial charge in [0.1, 0.15) is 0 Å². The van der Waals surface area contributed by atoms with Crippen molar-refractivity contribution in [3.8, 4) is 0 Å². The normalized spacial score (nSPS) is 13.4. The van der Waals surface area contributed by atoms with Crippen LogP contribution in [0.25, 0.3) is 0 Å². The average Bonchev–Trinajstić information content (AvgIpc) is 2.65. The summed E-state index contributed by atoms with van der Waals surface area (Å²) >= 11 is 0. The van der Waals surface area contributed by atoms with Crippen molar-refractivity contribution < 1.29 is 17.2 Å². The molecule has 0 aliphatic heterocycles. The predicted octanol–water partition coefficient (Wildman–Crippen LogP) is 7.65. The van der Waals surface area contributed by atoms with Crippen molar-refractivity contribution in [2.75, 3.05) is 6.61 Å². The van der Waals surface area contributed by atoms with E-state index in [9.17, 15) is 8.42 Å². The Morgan fingerprint density at radius 2 is 1.21 bits per heavy atom. The first-order valence-corrected chi connectivity index (χ1v) is 13.1. The topological polar surface area (TPSA) is 63.6 Å². The Morgan fingerprint density at radius 3 is 1.68 bits per heavy atom. The van der Waals surface area contributed by atoms with E-state index < -0.39 is 10.4 Å². The zero-order valence-corrected chi connectivity index (χ0v) is 19.4. The summed E-state index contributed by atoms with van der Waals surface area (Å²) in [7, 11) is -4.35. The molecule has 1 atom stereocenters. The lowest BCUT2D eigenvalue weighted by Gasteiger charge is -2.12. The molecule has 0 rings (SSSR count). The molecule has 0 aliphatic rings. The van der Waals surface area contributed by atoms with Crippen LogP contribution >= 0.6 is 0 Å². The molecule has 28 heavy (non-hydrogen) atoms. The molecule has 0 aromatic rings. The highest BCUT2D eigenvalue weighted by Crippen LogP contribution is 2.17. The Balaban J connectivity index is 3.70. The van der Waals surface area contributed by atoms with Crippen molar-refractivity contribution in [1.82, 2.24) is 0 Å². The molecule has 0 bridgehead atoms. The molecule has 5 heteroatoms. The lowest BCUT2D eigenvalue weighted by Crippen LogP contribution is -2.12. The van der Waals surface area contributed by atoms with Crippen LogP contribution in [0.3, 0.4) is 0 Å². The minimum absolute atomic E-state index is 0.0414. The highest BCUT2D eigenvalue weighted by atomic mass is 32.3. The number of rotatable bonds is 21. The maximum Gasteiger partial charge on any atom is 0.397 e. The largest absolute Gasteiger partial charge is 0.397 e. The Kier molecular flexibility index (Phi) is 19.6. The van der Waals surface area contributed by atoms with E-state index in [0.717, 1.165) is 32.1 Å². The van der Waals surface area contributed by atoms with Crippen molar-refractivity contribution in [2.45, 2.75) is 123 Å². The molecule has 0 heterocycles. The van der Waals surface area contributed by atoms with Crippen LogP contribution in [0, 0.1) is 5.92 Å². The van der Waals surface area contributed by atoms with Gasteiger partial charge in [0, 0.05) is 5.92 Å². The maximum absolute atomic E-state index is 10.8.